The minimum Gasteiger partial charge on any atom is -0.358 e. The van der Waals surface area contributed by atoms with Crippen molar-refractivity contribution in [2.24, 2.45) is 0 Å². The molecule has 2 heterocycles. The highest BCUT2D eigenvalue weighted by atomic mass is 35.5. The molecule has 0 atom stereocenters. The second kappa shape index (κ2) is 6.60. The Kier molecular flexibility index (Phi) is 4.53. The molecule has 1 aromatic heterocycles. The van der Waals surface area contributed by atoms with Crippen molar-refractivity contribution < 1.29 is 9.72 Å². The van der Waals surface area contributed by atoms with Crippen LogP contribution in [-0.2, 0) is 6.54 Å². The number of rotatable bonds is 5. The van der Waals surface area contributed by atoms with Gasteiger partial charge in [-0.15, -0.1) is 0 Å². The lowest BCUT2D eigenvalue weighted by atomic mass is 10.1. The molecule has 24 heavy (non-hydrogen) atoms. The lowest BCUT2D eigenvalue weighted by Crippen LogP contribution is -2.20. The first-order chi connectivity index (χ1) is 11.5. The van der Waals surface area contributed by atoms with E-state index in [2.05, 4.69) is 4.98 Å². The van der Waals surface area contributed by atoms with Crippen LogP contribution in [0.15, 0.2) is 24.3 Å². The van der Waals surface area contributed by atoms with E-state index in [9.17, 15) is 14.9 Å². The van der Waals surface area contributed by atoms with Crippen molar-refractivity contribution in [3.8, 4) is 0 Å². The van der Waals surface area contributed by atoms with Crippen molar-refractivity contribution >= 4 is 29.0 Å². The average Bonchev–Trinajstić information content (AvgIpc) is 3.16. The summed E-state index contributed by atoms with van der Waals surface area (Å²) in [6.45, 7) is 3.07. The van der Waals surface area contributed by atoms with Crippen molar-refractivity contribution in [1.82, 2.24) is 9.55 Å². The minimum absolute atomic E-state index is 0.114. The first-order valence-electron chi connectivity index (χ1n) is 7.72. The Morgan fingerprint density at radius 1 is 1.29 bits per heavy atom. The van der Waals surface area contributed by atoms with Crippen LogP contribution in [-0.4, -0.2) is 33.3 Å². The van der Waals surface area contributed by atoms with Crippen LogP contribution in [0.4, 0.5) is 11.6 Å². The standard InChI is InChI=1S/C16H17ClN4O3/c1-11-18-15(19-8-2-3-9-19)16(21(23)24)20(11)10-14(22)12-4-6-13(17)7-5-12/h4-7H,2-3,8-10H2,1H3. The van der Waals surface area contributed by atoms with Crippen molar-refractivity contribution in [2.45, 2.75) is 26.3 Å². The van der Waals surface area contributed by atoms with Crippen LogP contribution in [0.1, 0.15) is 29.0 Å². The number of aromatic nitrogens is 2. The van der Waals surface area contributed by atoms with Gasteiger partial charge in [0.1, 0.15) is 0 Å². The van der Waals surface area contributed by atoms with E-state index in [1.807, 2.05) is 4.90 Å². The second-order valence-corrected chi connectivity index (χ2v) is 6.21. The number of halogens is 1. The molecule has 0 amide bonds. The molecule has 1 fully saturated rings. The normalized spacial score (nSPS) is 14.2. The van der Waals surface area contributed by atoms with Crippen molar-refractivity contribution in [3.05, 3.63) is 50.8 Å². The predicted octanol–water partition coefficient (Wildman–Crippen LogP) is 3.24. The molecule has 0 bridgehead atoms. The number of nitrogens with zero attached hydrogens (tertiary/aromatic N) is 4. The number of nitro groups is 1. The number of carbonyl (C=O) groups excluding carboxylic acids is 1. The summed E-state index contributed by atoms with van der Waals surface area (Å²) in [5.41, 5.74) is 0.463. The second-order valence-electron chi connectivity index (χ2n) is 5.77. The molecule has 0 saturated carbocycles. The molecule has 0 spiro atoms. The highest BCUT2D eigenvalue weighted by Gasteiger charge is 2.31. The zero-order chi connectivity index (χ0) is 17.3. The number of benzene rings is 1. The van der Waals surface area contributed by atoms with Gasteiger partial charge in [0.05, 0.1) is 0 Å². The molecule has 2 aromatic rings. The molecular formula is C16H17ClN4O3. The van der Waals surface area contributed by atoms with E-state index < -0.39 is 4.92 Å². The number of Topliss-reactive ketones (excluding diaryl/α,β-unsaturated/α-hetero) is 1. The van der Waals surface area contributed by atoms with E-state index in [4.69, 9.17) is 11.6 Å². The maximum atomic E-state index is 12.5. The molecule has 0 N–H and O–H groups in total. The highest BCUT2D eigenvalue weighted by molar-refractivity contribution is 6.30. The third kappa shape index (κ3) is 3.12. The van der Waals surface area contributed by atoms with Crippen LogP contribution < -0.4 is 4.90 Å². The Morgan fingerprint density at radius 3 is 2.50 bits per heavy atom. The summed E-state index contributed by atoms with van der Waals surface area (Å²) in [7, 11) is 0. The first-order valence-corrected chi connectivity index (χ1v) is 8.10. The van der Waals surface area contributed by atoms with Gasteiger partial charge >= 0.3 is 5.82 Å². The number of ketones is 1. The first kappa shape index (κ1) is 16.4. The fraction of sp³-hybridized carbons (Fsp3) is 0.375. The van der Waals surface area contributed by atoms with Gasteiger partial charge in [0.25, 0.3) is 0 Å². The Hall–Kier alpha value is -2.41. The van der Waals surface area contributed by atoms with E-state index in [1.165, 1.54) is 4.57 Å². The quantitative estimate of drug-likeness (QED) is 0.470. The number of carbonyl (C=O) groups is 1. The summed E-state index contributed by atoms with van der Waals surface area (Å²) in [5, 5.41) is 12.1. The van der Waals surface area contributed by atoms with E-state index in [0.717, 1.165) is 25.9 Å². The molecule has 0 radical (unpaired) electrons. The van der Waals surface area contributed by atoms with Crippen LogP contribution in [0.5, 0.6) is 0 Å². The highest BCUT2D eigenvalue weighted by Crippen LogP contribution is 2.31. The molecule has 126 valence electrons. The van der Waals surface area contributed by atoms with Crippen molar-refractivity contribution in [1.29, 1.82) is 0 Å². The molecule has 7 nitrogen and oxygen atoms in total. The van der Waals surface area contributed by atoms with Crippen LogP contribution in [0.25, 0.3) is 0 Å². The number of hydrogen-bond donors (Lipinski definition) is 0. The maximum Gasteiger partial charge on any atom is 0.367 e. The number of anilines is 1. The molecule has 8 heteroatoms. The Balaban J connectivity index is 1.93. The monoisotopic (exact) mass is 348 g/mol. The van der Waals surface area contributed by atoms with E-state index in [0.29, 0.717) is 22.2 Å². The summed E-state index contributed by atoms with van der Waals surface area (Å²) in [4.78, 5) is 29.8. The Labute approximate surface area is 144 Å². The lowest BCUT2D eigenvalue weighted by molar-refractivity contribution is -0.391. The van der Waals surface area contributed by atoms with Gasteiger partial charge in [0, 0.05) is 30.6 Å². The van der Waals surface area contributed by atoms with Gasteiger partial charge in [-0.3, -0.25) is 4.79 Å². The molecule has 3 rings (SSSR count). The van der Waals surface area contributed by atoms with Gasteiger partial charge in [-0.2, -0.15) is 4.98 Å². The summed E-state index contributed by atoms with van der Waals surface area (Å²) in [6.07, 6.45) is 1.99. The van der Waals surface area contributed by atoms with Gasteiger partial charge in [-0.25, -0.2) is 4.57 Å². The van der Waals surface area contributed by atoms with Crippen LogP contribution in [0.3, 0.4) is 0 Å². The van der Waals surface area contributed by atoms with Gasteiger partial charge in [-0.05, 0) is 42.0 Å². The Morgan fingerprint density at radius 2 is 1.92 bits per heavy atom. The fourth-order valence-corrected chi connectivity index (χ4v) is 3.04. The largest absolute Gasteiger partial charge is 0.367 e. The topological polar surface area (TPSA) is 81.3 Å². The molecule has 1 saturated heterocycles. The van der Waals surface area contributed by atoms with Crippen LogP contribution in [0.2, 0.25) is 5.02 Å². The SMILES string of the molecule is Cc1nc(N2CCCC2)c([N+](=O)[O-])n1CC(=O)c1ccc(Cl)cc1. The third-order valence-corrected chi connectivity index (χ3v) is 4.41. The number of hydrogen-bond acceptors (Lipinski definition) is 5. The van der Waals surface area contributed by atoms with Gasteiger partial charge in [0.15, 0.2) is 12.4 Å². The van der Waals surface area contributed by atoms with Gasteiger partial charge in [0.2, 0.25) is 11.6 Å². The van der Waals surface area contributed by atoms with Gasteiger partial charge in [-0.1, -0.05) is 11.6 Å². The van der Waals surface area contributed by atoms with E-state index in [-0.39, 0.29) is 18.1 Å². The van der Waals surface area contributed by atoms with Gasteiger partial charge < -0.3 is 15.0 Å². The summed E-state index contributed by atoms with van der Waals surface area (Å²) < 4.78 is 1.38. The van der Waals surface area contributed by atoms with Crippen molar-refractivity contribution in [2.75, 3.05) is 18.0 Å². The van der Waals surface area contributed by atoms with Crippen molar-refractivity contribution in [3.63, 3.8) is 0 Å². The molecular weight excluding hydrogens is 332 g/mol. The zero-order valence-corrected chi connectivity index (χ0v) is 14.0. The summed E-state index contributed by atoms with van der Waals surface area (Å²) in [6, 6.07) is 6.48. The van der Waals surface area contributed by atoms with E-state index in [1.54, 1.807) is 31.2 Å². The summed E-state index contributed by atoms with van der Waals surface area (Å²) in [5.74, 6) is 0.491. The molecule has 1 aliphatic heterocycles. The Bertz CT molecular complexity index is 779. The van der Waals surface area contributed by atoms with E-state index >= 15 is 0 Å². The maximum absolute atomic E-state index is 12.5. The molecule has 1 aromatic carbocycles. The number of aryl methyl sites for hydroxylation is 1. The zero-order valence-electron chi connectivity index (χ0n) is 13.2. The third-order valence-electron chi connectivity index (χ3n) is 4.16. The van der Waals surface area contributed by atoms with Crippen LogP contribution in [0, 0.1) is 17.0 Å². The lowest BCUT2D eigenvalue weighted by Gasteiger charge is -2.13. The molecule has 0 unspecified atom stereocenters. The predicted molar refractivity (Wildman–Crippen MR) is 90.8 cm³/mol. The van der Waals surface area contributed by atoms with Crippen LogP contribution >= 0.6 is 11.6 Å². The smallest absolute Gasteiger partial charge is 0.358 e. The fourth-order valence-electron chi connectivity index (χ4n) is 2.92. The minimum atomic E-state index is -0.456. The number of imidazole rings is 1. The summed E-state index contributed by atoms with van der Waals surface area (Å²) >= 11 is 5.82. The molecule has 1 aliphatic rings. The molecule has 0 aliphatic carbocycles. The average molecular weight is 349 g/mol.